The van der Waals surface area contributed by atoms with Gasteiger partial charge in [0.05, 0.1) is 47.9 Å². The van der Waals surface area contributed by atoms with Crippen molar-refractivity contribution < 1.29 is 33.0 Å². The Labute approximate surface area is 204 Å². The first kappa shape index (κ1) is 25.5. The first-order chi connectivity index (χ1) is 16.8. The highest BCUT2D eigenvalue weighted by molar-refractivity contribution is 8.03. The number of para-hydroxylation sites is 1. The van der Waals surface area contributed by atoms with Gasteiger partial charge in [-0.15, -0.1) is 0 Å². The van der Waals surface area contributed by atoms with Crippen molar-refractivity contribution in [2.24, 2.45) is 5.92 Å². The minimum Gasteiger partial charge on any atom is -0.468 e. The summed E-state index contributed by atoms with van der Waals surface area (Å²) in [5.41, 5.74) is 0.686. The lowest BCUT2D eigenvalue weighted by Gasteiger charge is -2.31. The predicted molar refractivity (Wildman–Crippen MR) is 124 cm³/mol. The van der Waals surface area contributed by atoms with E-state index in [9.17, 15) is 28.8 Å². The van der Waals surface area contributed by atoms with Crippen molar-refractivity contribution in [1.82, 2.24) is 5.32 Å². The van der Waals surface area contributed by atoms with Crippen LogP contribution in [0.2, 0.25) is 0 Å². The minimum atomic E-state index is -1.37. The van der Waals surface area contributed by atoms with Gasteiger partial charge in [-0.3, -0.25) is 14.4 Å². The number of anilines is 1. The number of nitrogens with one attached hydrogen (secondary N) is 2. The summed E-state index contributed by atoms with van der Waals surface area (Å²) in [5.74, 6) is -5.94. The molecule has 0 aromatic heterocycles. The monoisotopic (exact) mass is 497 g/mol. The molecule has 35 heavy (non-hydrogen) atoms. The lowest BCUT2D eigenvalue weighted by molar-refractivity contribution is -0.150. The number of benzene rings is 2. The van der Waals surface area contributed by atoms with Crippen LogP contribution in [0.3, 0.4) is 0 Å². The number of nitriles is 1. The highest BCUT2D eigenvalue weighted by atomic mass is 32.2. The number of halogens is 1. The standard InChI is InChI=1S/C24H20FN3O6S/c1-33-23(31)14-9-7-13(8-10-14)19-15(11-26)22(28-21(30)20(19)24(32)34-2)35-12-18(29)27-17-6-4-3-5-16(17)25/h3-10,19-20H,12H2,1-2H3,(H,27,29)(H,28,30)/t19-,20-/m1/s1. The Morgan fingerprint density at radius 1 is 1.11 bits per heavy atom. The Hall–Kier alpha value is -4.17. The van der Waals surface area contributed by atoms with Gasteiger partial charge in [0, 0.05) is 5.92 Å². The summed E-state index contributed by atoms with van der Waals surface area (Å²) < 4.78 is 23.3. The molecular formula is C24H20FN3O6S. The summed E-state index contributed by atoms with van der Waals surface area (Å²) >= 11 is 0.863. The van der Waals surface area contributed by atoms with Gasteiger partial charge in [0.1, 0.15) is 11.7 Å². The number of rotatable bonds is 7. The van der Waals surface area contributed by atoms with Gasteiger partial charge in [-0.25, -0.2) is 9.18 Å². The lowest BCUT2D eigenvalue weighted by Crippen LogP contribution is -2.44. The Kier molecular flexibility index (Phi) is 8.22. The van der Waals surface area contributed by atoms with E-state index in [1.807, 2.05) is 6.07 Å². The van der Waals surface area contributed by atoms with Crippen LogP contribution in [0.25, 0.3) is 0 Å². The maximum atomic E-state index is 13.8. The second-order valence-electron chi connectivity index (χ2n) is 7.25. The fraction of sp³-hybridized carbons (Fsp3) is 0.208. The van der Waals surface area contributed by atoms with E-state index in [2.05, 4.69) is 15.4 Å². The van der Waals surface area contributed by atoms with Crippen LogP contribution in [0.4, 0.5) is 10.1 Å². The van der Waals surface area contributed by atoms with Gasteiger partial charge in [-0.2, -0.15) is 5.26 Å². The van der Waals surface area contributed by atoms with Gasteiger partial charge in [-0.05, 0) is 29.8 Å². The molecule has 0 unspecified atom stereocenters. The first-order valence-corrected chi connectivity index (χ1v) is 11.2. The molecule has 1 aliphatic heterocycles. The third-order valence-corrected chi connectivity index (χ3v) is 6.19. The van der Waals surface area contributed by atoms with E-state index >= 15 is 0 Å². The molecule has 1 aliphatic rings. The number of hydrogen-bond donors (Lipinski definition) is 2. The number of esters is 2. The molecule has 0 saturated heterocycles. The number of ether oxygens (including phenoxy) is 2. The van der Waals surface area contributed by atoms with E-state index in [-0.39, 0.29) is 27.6 Å². The van der Waals surface area contributed by atoms with Crippen molar-refractivity contribution >= 4 is 41.2 Å². The molecule has 11 heteroatoms. The van der Waals surface area contributed by atoms with Gasteiger partial charge in [0.2, 0.25) is 11.8 Å². The molecule has 2 aromatic rings. The maximum absolute atomic E-state index is 13.8. The Morgan fingerprint density at radius 2 is 1.80 bits per heavy atom. The molecular weight excluding hydrogens is 477 g/mol. The Balaban J connectivity index is 1.92. The summed E-state index contributed by atoms with van der Waals surface area (Å²) in [6.07, 6.45) is 0. The van der Waals surface area contributed by atoms with Crippen LogP contribution in [0.15, 0.2) is 59.1 Å². The van der Waals surface area contributed by atoms with E-state index < -0.39 is 41.4 Å². The molecule has 0 aliphatic carbocycles. The predicted octanol–water partition coefficient (Wildman–Crippen LogP) is 2.72. The van der Waals surface area contributed by atoms with Crippen LogP contribution in [-0.4, -0.2) is 43.7 Å². The average molecular weight is 498 g/mol. The quantitative estimate of drug-likeness (QED) is 0.441. The maximum Gasteiger partial charge on any atom is 0.337 e. The molecule has 0 bridgehead atoms. The van der Waals surface area contributed by atoms with Crippen molar-refractivity contribution in [1.29, 1.82) is 5.26 Å². The van der Waals surface area contributed by atoms with E-state index in [0.29, 0.717) is 5.56 Å². The molecule has 180 valence electrons. The minimum absolute atomic E-state index is 0.00501. The van der Waals surface area contributed by atoms with E-state index in [0.717, 1.165) is 18.9 Å². The zero-order chi connectivity index (χ0) is 25.5. The largest absolute Gasteiger partial charge is 0.468 e. The van der Waals surface area contributed by atoms with Gasteiger partial charge in [0.25, 0.3) is 0 Å². The number of carbonyl (C=O) groups excluding carboxylic acids is 4. The topological polar surface area (TPSA) is 135 Å². The third-order valence-electron chi connectivity index (χ3n) is 5.17. The zero-order valence-corrected chi connectivity index (χ0v) is 19.5. The van der Waals surface area contributed by atoms with Gasteiger partial charge in [0.15, 0.2) is 0 Å². The SMILES string of the molecule is COC(=O)c1ccc([C@@H]2C(C#N)=C(SCC(=O)Nc3ccccc3F)NC(=O)[C@@H]2C(=O)OC)cc1. The van der Waals surface area contributed by atoms with Crippen molar-refractivity contribution in [3.8, 4) is 6.07 Å². The molecule has 2 atom stereocenters. The van der Waals surface area contributed by atoms with E-state index in [1.54, 1.807) is 6.07 Å². The molecule has 2 amide bonds. The molecule has 2 aromatic carbocycles. The van der Waals surface area contributed by atoms with Crippen LogP contribution < -0.4 is 10.6 Å². The number of allylic oxidation sites excluding steroid dienone is 1. The normalized spacial score (nSPS) is 17.1. The van der Waals surface area contributed by atoms with Crippen LogP contribution >= 0.6 is 11.8 Å². The number of carbonyl (C=O) groups is 4. The molecule has 1 heterocycles. The fourth-order valence-corrected chi connectivity index (χ4v) is 4.36. The summed E-state index contributed by atoms with van der Waals surface area (Å²) in [6.45, 7) is 0. The molecule has 3 rings (SSSR count). The molecule has 0 spiro atoms. The number of methoxy groups -OCH3 is 2. The fourth-order valence-electron chi connectivity index (χ4n) is 3.51. The highest BCUT2D eigenvalue weighted by Gasteiger charge is 2.44. The smallest absolute Gasteiger partial charge is 0.337 e. The van der Waals surface area contributed by atoms with Gasteiger partial charge in [-0.1, -0.05) is 36.0 Å². The Morgan fingerprint density at radius 3 is 2.40 bits per heavy atom. The second-order valence-corrected chi connectivity index (χ2v) is 8.24. The summed E-state index contributed by atoms with van der Waals surface area (Å²) in [5, 5.41) is 14.9. The van der Waals surface area contributed by atoms with Crippen LogP contribution in [-0.2, 0) is 23.9 Å². The van der Waals surface area contributed by atoms with Gasteiger partial charge < -0.3 is 20.1 Å². The Bertz CT molecular complexity index is 1240. The summed E-state index contributed by atoms with van der Waals surface area (Å²) in [7, 11) is 2.36. The molecule has 0 saturated carbocycles. The highest BCUT2D eigenvalue weighted by Crippen LogP contribution is 2.40. The second kappa shape index (κ2) is 11.3. The first-order valence-electron chi connectivity index (χ1n) is 10.2. The van der Waals surface area contributed by atoms with Crippen molar-refractivity contribution in [2.45, 2.75) is 5.92 Å². The molecule has 0 radical (unpaired) electrons. The third kappa shape index (κ3) is 5.67. The van der Waals surface area contributed by atoms with Crippen molar-refractivity contribution in [3.05, 3.63) is 76.1 Å². The van der Waals surface area contributed by atoms with Crippen LogP contribution in [0.5, 0.6) is 0 Å². The summed E-state index contributed by atoms with van der Waals surface area (Å²) in [6, 6.07) is 13.6. The summed E-state index contributed by atoms with van der Waals surface area (Å²) in [4.78, 5) is 49.4. The van der Waals surface area contributed by atoms with Crippen molar-refractivity contribution in [3.63, 3.8) is 0 Å². The number of amides is 2. The molecule has 9 nitrogen and oxygen atoms in total. The van der Waals surface area contributed by atoms with Crippen molar-refractivity contribution in [2.75, 3.05) is 25.3 Å². The number of nitrogens with zero attached hydrogens (tertiary/aromatic N) is 1. The zero-order valence-electron chi connectivity index (χ0n) is 18.7. The van der Waals surface area contributed by atoms with Gasteiger partial charge >= 0.3 is 11.9 Å². The van der Waals surface area contributed by atoms with Crippen LogP contribution in [0.1, 0.15) is 21.8 Å². The average Bonchev–Trinajstić information content (AvgIpc) is 2.87. The van der Waals surface area contributed by atoms with E-state index in [1.165, 1.54) is 49.6 Å². The number of thioether (sulfide) groups is 1. The molecule has 2 N–H and O–H groups in total. The van der Waals surface area contributed by atoms with E-state index in [4.69, 9.17) is 4.74 Å². The number of hydrogen-bond acceptors (Lipinski definition) is 8. The lowest BCUT2D eigenvalue weighted by atomic mass is 9.78. The molecule has 0 fully saturated rings. The van der Waals surface area contributed by atoms with Crippen LogP contribution in [0, 0.1) is 23.1 Å².